The molecule has 0 spiro atoms. The van der Waals surface area contributed by atoms with Crippen molar-refractivity contribution in [3.8, 4) is 0 Å². The third kappa shape index (κ3) is 6.09. The monoisotopic (exact) mass is 395 g/mol. The topological polar surface area (TPSA) is 71.5 Å². The molecule has 26 heavy (non-hydrogen) atoms. The largest absolute Gasteiger partial charge is 0.385 e. The average molecular weight is 396 g/mol. The number of aryl methyl sites for hydroxylation is 1. The zero-order valence-corrected chi connectivity index (χ0v) is 16.3. The summed E-state index contributed by atoms with van der Waals surface area (Å²) in [6, 6.07) is 9.09. The number of aromatic nitrogens is 1. The highest BCUT2D eigenvalue weighted by molar-refractivity contribution is 7.13. The number of benzene rings is 1. The van der Waals surface area contributed by atoms with Crippen molar-refractivity contribution in [1.82, 2.24) is 9.88 Å². The van der Waals surface area contributed by atoms with Gasteiger partial charge < -0.3 is 15.0 Å². The van der Waals surface area contributed by atoms with Crippen molar-refractivity contribution in [1.29, 1.82) is 0 Å². The fourth-order valence-electron chi connectivity index (χ4n) is 2.34. The normalized spacial score (nSPS) is 11.8. The van der Waals surface area contributed by atoms with Crippen LogP contribution in [0.5, 0.6) is 0 Å². The van der Waals surface area contributed by atoms with Crippen molar-refractivity contribution < 1.29 is 14.3 Å². The SMILES string of the molecule is COCCCN(CC(=O)Nc1nc(C)cs1)C(=O)[C@H](Cl)c1ccccc1. The number of nitrogens with one attached hydrogen (secondary N) is 1. The van der Waals surface area contributed by atoms with E-state index in [-0.39, 0.29) is 18.4 Å². The van der Waals surface area contributed by atoms with E-state index >= 15 is 0 Å². The summed E-state index contributed by atoms with van der Waals surface area (Å²) in [5.74, 6) is -0.610. The molecule has 0 bridgehead atoms. The number of carbonyl (C=O) groups is 2. The van der Waals surface area contributed by atoms with Gasteiger partial charge in [0.1, 0.15) is 5.38 Å². The van der Waals surface area contributed by atoms with E-state index in [1.807, 2.05) is 30.5 Å². The van der Waals surface area contributed by atoms with Crippen molar-refractivity contribution in [2.75, 3.05) is 32.1 Å². The molecule has 0 aliphatic carbocycles. The summed E-state index contributed by atoms with van der Waals surface area (Å²) in [7, 11) is 1.60. The molecule has 1 aromatic carbocycles. The van der Waals surface area contributed by atoms with E-state index in [1.165, 1.54) is 16.2 Å². The third-order valence-corrected chi connectivity index (χ3v) is 4.91. The second kappa shape index (κ2) is 10.3. The number of anilines is 1. The number of methoxy groups -OCH3 is 1. The molecular formula is C18H22ClN3O3S. The number of halogens is 1. The predicted molar refractivity (Wildman–Crippen MR) is 104 cm³/mol. The van der Waals surface area contributed by atoms with E-state index < -0.39 is 5.38 Å². The molecular weight excluding hydrogens is 374 g/mol. The molecule has 0 saturated carbocycles. The number of alkyl halides is 1. The second-order valence-corrected chi connectivity index (χ2v) is 7.02. The first-order chi connectivity index (χ1) is 12.5. The Morgan fingerprint density at radius 1 is 1.35 bits per heavy atom. The Balaban J connectivity index is 2.03. The van der Waals surface area contributed by atoms with Gasteiger partial charge >= 0.3 is 0 Å². The van der Waals surface area contributed by atoms with E-state index in [0.717, 1.165) is 5.69 Å². The molecule has 1 aromatic heterocycles. The highest BCUT2D eigenvalue weighted by Crippen LogP contribution is 2.23. The van der Waals surface area contributed by atoms with E-state index in [9.17, 15) is 9.59 Å². The summed E-state index contributed by atoms with van der Waals surface area (Å²) in [5, 5.41) is 4.24. The Morgan fingerprint density at radius 3 is 2.69 bits per heavy atom. The fraction of sp³-hybridized carbons (Fsp3) is 0.389. The van der Waals surface area contributed by atoms with Gasteiger partial charge in [0.05, 0.1) is 12.2 Å². The van der Waals surface area contributed by atoms with Crippen LogP contribution in [0, 0.1) is 6.92 Å². The molecule has 0 aliphatic rings. The lowest BCUT2D eigenvalue weighted by atomic mass is 10.1. The third-order valence-electron chi connectivity index (χ3n) is 3.60. The van der Waals surface area contributed by atoms with Gasteiger partial charge in [-0.15, -0.1) is 22.9 Å². The van der Waals surface area contributed by atoms with Crippen LogP contribution < -0.4 is 5.32 Å². The van der Waals surface area contributed by atoms with Gasteiger partial charge in [0.15, 0.2) is 5.13 Å². The summed E-state index contributed by atoms with van der Waals surface area (Å²) < 4.78 is 5.04. The summed E-state index contributed by atoms with van der Waals surface area (Å²) in [6.07, 6.45) is 0.615. The highest BCUT2D eigenvalue weighted by atomic mass is 35.5. The summed E-state index contributed by atoms with van der Waals surface area (Å²) >= 11 is 7.69. The Hall–Kier alpha value is -1.96. The summed E-state index contributed by atoms with van der Waals surface area (Å²) in [6.45, 7) is 2.64. The van der Waals surface area contributed by atoms with Crippen LogP contribution in [0.3, 0.4) is 0 Å². The van der Waals surface area contributed by atoms with Gasteiger partial charge in [0.2, 0.25) is 11.8 Å². The first-order valence-electron chi connectivity index (χ1n) is 8.20. The zero-order chi connectivity index (χ0) is 18.9. The number of amides is 2. The molecule has 6 nitrogen and oxygen atoms in total. The van der Waals surface area contributed by atoms with Gasteiger partial charge in [-0.3, -0.25) is 9.59 Å². The standard InChI is InChI=1S/C18H22ClN3O3S/c1-13-12-26-18(20-13)21-15(23)11-22(9-6-10-25-2)17(24)16(19)14-7-4-3-5-8-14/h3-5,7-8,12,16H,6,9-11H2,1-2H3,(H,20,21,23)/t16-/m1/s1. The van der Waals surface area contributed by atoms with E-state index in [4.69, 9.17) is 16.3 Å². The number of hydrogen-bond acceptors (Lipinski definition) is 5. The molecule has 0 radical (unpaired) electrons. The van der Waals surface area contributed by atoms with Crippen molar-refractivity contribution in [3.05, 3.63) is 47.0 Å². The van der Waals surface area contributed by atoms with Crippen molar-refractivity contribution >= 4 is 39.9 Å². The molecule has 1 atom stereocenters. The molecule has 0 fully saturated rings. The molecule has 0 unspecified atom stereocenters. The molecule has 1 N–H and O–H groups in total. The molecule has 1 heterocycles. The molecule has 140 valence electrons. The maximum absolute atomic E-state index is 12.8. The molecule has 0 aliphatic heterocycles. The van der Waals surface area contributed by atoms with Gasteiger partial charge in [-0.25, -0.2) is 4.98 Å². The van der Waals surface area contributed by atoms with Crippen LogP contribution in [-0.4, -0.2) is 48.5 Å². The highest BCUT2D eigenvalue weighted by Gasteiger charge is 2.25. The number of hydrogen-bond donors (Lipinski definition) is 1. The lowest BCUT2D eigenvalue weighted by Crippen LogP contribution is -2.40. The molecule has 2 rings (SSSR count). The van der Waals surface area contributed by atoms with Crippen LogP contribution in [0.2, 0.25) is 0 Å². The Labute approximate surface area is 162 Å². The van der Waals surface area contributed by atoms with Gasteiger partial charge in [-0.1, -0.05) is 30.3 Å². The molecule has 8 heteroatoms. The smallest absolute Gasteiger partial charge is 0.245 e. The Morgan fingerprint density at radius 2 is 2.08 bits per heavy atom. The minimum atomic E-state index is -0.839. The Bertz CT molecular complexity index is 723. The van der Waals surface area contributed by atoms with E-state index in [1.54, 1.807) is 19.2 Å². The lowest BCUT2D eigenvalue weighted by molar-refractivity contribution is -0.134. The second-order valence-electron chi connectivity index (χ2n) is 5.72. The molecule has 0 saturated heterocycles. The number of ether oxygens (including phenoxy) is 1. The average Bonchev–Trinajstić information content (AvgIpc) is 3.05. The predicted octanol–water partition coefficient (Wildman–Crippen LogP) is 3.24. The van der Waals surface area contributed by atoms with Crippen LogP contribution >= 0.6 is 22.9 Å². The number of carbonyl (C=O) groups excluding carboxylic acids is 2. The summed E-state index contributed by atoms with van der Waals surface area (Å²) in [4.78, 5) is 30.8. The van der Waals surface area contributed by atoms with Crippen LogP contribution in [0.25, 0.3) is 0 Å². The van der Waals surface area contributed by atoms with Crippen molar-refractivity contribution in [2.45, 2.75) is 18.7 Å². The minimum Gasteiger partial charge on any atom is -0.385 e. The number of rotatable bonds is 9. The first kappa shape index (κ1) is 20.4. The number of nitrogens with zero attached hydrogens (tertiary/aromatic N) is 2. The van der Waals surface area contributed by atoms with Gasteiger partial charge in [-0.2, -0.15) is 0 Å². The quantitative estimate of drug-likeness (QED) is 0.522. The minimum absolute atomic E-state index is 0.0861. The van der Waals surface area contributed by atoms with Crippen LogP contribution in [0.4, 0.5) is 5.13 Å². The van der Waals surface area contributed by atoms with Crippen molar-refractivity contribution in [2.24, 2.45) is 0 Å². The number of thiazole rings is 1. The molecule has 2 amide bonds. The van der Waals surface area contributed by atoms with Crippen molar-refractivity contribution in [3.63, 3.8) is 0 Å². The zero-order valence-electron chi connectivity index (χ0n) is 14.8. The van der Waals surface area contributed by atoms with Crippen LogP contribution in [0.15, 0.2) is 35.7 Å². The first-order valence-corrected chi connectivity index (χ1v) is 9.51. The van der Waals surface area contributed by atoms with Gasteiger partial charge in [0.25, 0.3) is 0 Å². The Kier molecular flexibility index (Phi) is 8.03. The molecule has 2 aromatic rings. The fourth-order valence-corrected chi connectivity index (χ4v) is 3.32. The maximum atomic E-state index is 12.8. The van der Waals surface area contributed by atoms with Crippen LogP contribution in [-0.2, 0) is 14.3 Å². The van der Waals surface area contributed by atoms with E-state index in [0.29, 0.717) is 30.3 Å². The van der Waals surface area contributed by atoms with E-state index in [2.05, 4.69) is 10.3 Å². The van der Waals surface area contributed by atoms with Crippen LogP contribution in [0.1, 0.15) is 23.1 Å². The van der Waals surface area contributed by atoms with Gasteiger partial charge in [-0.05, 0) is 18.9 Å². The maximum Gasteiger partial charge on any atom is 0.245 e. The lowest BCUT2D eigenvalue weighted by Gasteiger charge is -2.24. The summed E-state index contributed by atoms with van der Waals surface area (Å²) in [5.41, 5.74) is 1.54. The van der Waals surface area contributed by atoms with Gasteiger partial charge in [0, 0.05) is 25.6 Å².